The van der Waals surface area contributed by atoms with Gasteiger partial charge in [0.15, 0.2) is 0 Å². The summed E-state index contributed by atoms with van der Waals surface area (Å²) in [6.07, 6.45) is -0.221. The monoisotopic (exact) mass is 179 g/mol. The van der Waals surface area contributed by atoms with Crippen molar-refractivity contribution in [3.8, 4) is 0 Å². The Labute approximate surface area is 77.4 Å². The minimum atomic E-state index is -0.965. The number of aryl methyl sites for hydroxylation is 1. The molecule has 1 aromatic rings. The third kappa shape index (κ3) is 3.60. The highest BCUT2D eigenvalue weighted by atomic mass is 16.4. The molecule has 0 heterocycles. The molecule has 0 radical (unpaired) electrons. The van der Waals surface area contributed by atoms with Gasteiger partial charge in [0.05, 0.1) is 0 Å². The standard InChI is InChI=1S/C10H13NO2/c1-8-3-2-4-9(7-8)5-6-11-10(12)13/h2-4,7,11H,5-6H2,1H3,(H,12,13). The topological polar surface area (TPSA) is 49.3 Å². The van der Waals surface area contributed by atoms with Crippen LogP contribution in [0.4, 0.5) is 4.79 Å². The van der Waals surface area contributed by atoms with Gasteiger partial charge < -0.3 is 10.4 Å². The summed E-state index contributed by atoms with van der Waals surface area (Å²) in [5.74, 6) is 0. The van der Waals surface area contributed by atoms with Crippen LogP contribution in [-0.2, 0) is 6.42 Å². The van der Waals surface area contributed by atoms with Gasteiger partial charge in [0.1, 0.15) is 0 Å². The van der Waals surface area contributed by atoms with Crippen LogP contribution in [0.5, 0.6) is 0 Å². The van der Waals surface area contributed by atoms with Gasteiger partial charge in [-0.3, -0.25) is 0 Å². The average molecular weight is 179 g/mol. The molecule has 1 amide bonds. The molecule has 1 aromatic carbocycles. The van der Waals surface area contributed by atoms with Crippen molar-refractivity contribution in [2.24, 2.45) is 0 Å². The maximum Gasteiger partial charge on any atom is 0.404 e. The van der Waals surface area contributed by atoms with Crippen molar-refractivity contribution in [2.75, 3.05) is 6.54 Å². The van der Waals surface area contributed by atoms with Gasteiger partial charge in [0.2, 0.25) is 0 Å². The lowest BCUT2D eigenvalue weighted by Gasteiger charge is -2.02. The minimum absolute atomic E-state index is 0.471. The fourth-order valence-corrected chi connectivity index (χ4v) is 1.18. The predicted molar refractivity (Wildman–Crippen MR) is 50.9 cm³/mol. The smallest absolute Gasteiger partial charge is 0.404 e. The summed E-state index contributed by atoms with van der Waals surface area (Å²) >= 11 is 0. The van der Waals surface area contributed by atoms with Gasteiger partial charge in [0, 0.05) is 6.54 Å². The van der Waals surface area contributed by atoms with Crippen LogP contribution >= 0.6 is 0 Å². The van der Waals surface area contributed by atoms with Crippen molar-refractivity contribution in [3.05, 3.63) is 35.4 Å². The van der Waals surface area contributed by atoms with E-state index >= 15 is 0 Å². The van der Waals surface area contributed by atoms with E-state index in [0.29, 0.717) is 6.54 Å². The fraction of sp³-hybridized carbons (Fsp3) is 0.300. The van der Waals surface area contributed by atoms with Crippen LogP contribution in [0.1, 0.15) is 11.1 Å². The lowest BCUT2D eigenvalue weighted by Crippen LogP contribution is -2.23. The lowest BCUT2D eigenvalue weighted by molar-refractivity contribution is 0.194. The molecular formula is C10H13NO2. The van der Waals surface area contributed by atoms with Gasteiger partial charge in [-0.05, 0) is 18.9 Å². The summed E-state index contributed by atoms with van der Waals surface area (Å²) in [7, 11) is 0. The molecule has 3 heteroatoms. The maximum absolute atomic E-state index is 10.1. The van der Waals surface area contributed by atoms with E-state index in [1.807, 2.05) is 25.1 Å². The van der Waals surface area contributed by atoms with E-state index in [0.717, 1.165) is 12.0 Å². The molecule has 0 bridgehead atoms. The molecule has 2 N–H and O–H groups in total. The van der Waals surface area contributed by atoms with Crippen LogP contribution in [-0.4, -0.2) is 17.7 Å². The van der Waals surface area contributed by atoms with Crippen molar-refractivity contribution in [1.29, 1.82) is 0 Å². The Hall–Kier alpha value is -1.51. The van der Waals surface area contributed by atoms with Gasteiger partial charge in [0.25, 0.3) is 0 Å². The second kappa shape index (κ2) is 4.50. The molecule has 13 heavy (non-hydrogen) atoms. The average Bonchev–Trinajstić information content (AvgIpc) is 2.03. The maximum atomic E-state index is 10.1. The quantitative estimate of drug-likeness (QED) is 0.743. The summed E-state index contributed by atoms with van der Waals surface area (Å²) in [6, 6.07) is 8.06. The molecule has 0 aromatic heterocycles. The summed E-state index contributed by atoms with van der Waals surface area (Å²) in [6.45, 7) is 2.49. The van der Waals surface area contributed by atoms with E-state index < -0.39 is 6.09 Å². The zero-order chi connectivity index (χ0) is 9.68. The van der Waals surface area contributed by atoms with Crippen LogP contribution in [0.15, 0.2) is 24.3 Å². The van der Waals surface area contributed by atoms with Crippen molar-refractivity contribution < 1.29 is 9.90 Å². The Bertz CT molecular complexity index is 297. The van der Waals surface area contributed by atoms with Gasteiger partial charge in [-0.2, -0.15) is 0 Å². The van der Waals surface area contributed by atoms with Crippen molar-refractivity contribution in [1.82, 2.24) is 5.32 Å². The first-order valence-corrected chi connectivity index (χ1v) is 4.21. The van der Waals surface area contributed by atoms with Gasteiger partial charge in [-0.15, -0.1) is 0 Å². The van der Waals surface area contributed by atoms with Gasteiger partial charge >= 0.3 is 6.09 Å². The van der Waals surface area contributed by atoms with E-state index in [1.165, 1.54) is 5.56 Å². The normalized spacial score (nSPS) is 9.62. The molecule has 1 rings (SSSR count). The zero-order valence-electron chi connectivity index (χ0n) is 7.58. The Kier molecular flexibility index (Phi) is 3.31. The number of carboxylic acid groups (broad SMARTS) is 1. The summed E-state index contributed by atoms with van der Waals surface area (Å²) in [5.41, 5.74) is 2.36. The molecule has 0 unspecified atom stereocenters. The first-order chi connectivity index (χ1) is 6.18. The van der Waals surface area contributed by atoms with E-state index in [9.17, 15) is 4.79 Å². The van der Waals surface area contributed by atoms with Gasteiger partial charge in [-0.1, -0.05) is 29.8 Å². The molecule has 0 aliphatic heterocycles. The number of benzene rings is 1. The van der Waals surface area contributed by atoms with E-state index in [4.69, 9.17) is 5.11 Å². The summed E-state index contributed by atoms with van der Waals surface area (Å²) in [4.78, 5) is 10.1. The summed E-state index contributed by atoms with van der Waals surface area (Å²) in [5, 5.41) is 10.7. The van der Waals surface area contributed by atoms with Crippen LogP contribution < -0.4 is 5.32 Å². The number of rotatable bonds is 3. The highest BCUT2D eigenvalue weighted by Gasteiger charge is 1.95. The molecule has 0 aliphatic carbocycles. The molecule has 0 atom stereocenters. The molecule has 0 spiro atoms. The fourth-order valence-electron chi connectivity index (χ4n) is 1.18. The van der Waals surface area contributed by atoms with Crippen molar-refractivity contribution in [2.45, 2.75) is 13.3 Å². The summed E-state index contributed by atoms with van der Waals surface area (Å²) < 4.78 is 0. The Balaban J connectivity index is 2.41. The number of hydrogen-bond acceptors (Lipinski definition) is 1. The van der Waals surface area contributed by atoms with Crippen LogP contribution in [0.25, 0.3) is 0 Å². The van der Waals surface area contributed by atoms with E-state index in [2.05, 4.69) is 11.4 Å². The largest absolute Gasteiger partial charge is 0.465 e. The number of hydrogen-bond donors (Lipinski definition) is 2. The van der Waals surface area contributed by atoms with E-state index in [1.54, 1.807) is 0 Å². The number of nitrogens with one attached hydrogen (secondary N) is 1. The van der Waals surface area contributed by atoms with E-state index in [-0.39, 0.29) is 0 Å². The van der Waals surface area contributed by atoms with Gasteiger partial charge in [-0.25, -0.2) is 4.79 Å². The second-order valence-corrected chi connectivity index (χ2v) is 2.97. The molecule has 3 nitrogen and oxygen atoms in total. The lowest BCUT2D eigenvalue weighted by atomic mass is 10.1. The Morgan fingerprint density at radius 3 is 2.92 bits per heavy atom. The molecule has 0 aliphatic rings. The zero-order valence-corrected chi connectivity index (χ0v) is 7.58. The first kappa shape index (κ1) is 9.58. The third-order valence-electron chi connectivity index (χ3n) is 1.77. The Morgan fingerprint density at radius 1 is 1.54 bits per heavy atom. The molecular weight excluding hydrogens is 166 g/mol. The molecule has 0 fully saturated rings. The third-order valence-corrected chi connectivity index (χ3v) is 1.77. The predicted octanol–water partition coefficient (Wildman–Crippen LogP) is 1.81. The molecule has 0 saturated heterocycles. The van der Waals surface area contributed by atoms with Crippen LogP contribution in [0, 0.1) is 6.92 Å². The van der Waals surface area contributed by atoms with Crippen LogP contribution in [0.3, 0.4) is 0 Å². The highest BCUT2D eigenvalue weighted by Crippen LogP contribution is 2.03. The number of amides is 1. The highest BCUT2D eigenvalue weighted by molar-refractivity contribution is 5.64. The SMILES string of the molecule is Cc1cccc(CCNC(=O)O)c1. The van der Waals surface area contributed by atoms with Crippen molar-refractivity contribution in [3.63, 3.8) is 0 Å². The Morgan fingerprint density at radius 2 is 2.31 bits per heavy atom. The second-order valence-electron chi connectivity index (χ2n) is 2.97. The van der Waals surface area contributed by atoms with Crippen molar-refractivity contribution >= 4 is 6.09 Å². The number of carbonyl (C=O) groups is 1. The van der Waals surface area contributed by atoms with Crippen LogP contribution in [0.2, 0.25) is 0 Å². The first-order valence-electron chi connectivity index (χ1n) is 4.21. The molecule has 0 saturated carbocycles. The minimum Gasteiger partial charge on any atom is -0.465 e. The molecule has 70 valence electrons.